The quantitative estimate of drug-likeness (QED) is 0.501. The minimum atomic E-state index is -2.40. The van der Waals surface area contributed by atoms with Crippen LogP contribution in [0.1, 0.15) is 10.5 Å². The van der Waals surface area contributed by atoms with Crippen LogP contribution in [0, 0.1) is 0 Å². The molecule has 0 aromatic rings. The summed E-state index contributed by atoms with van der Waals surface area (Å²) in [5.41, 5.74) is 0. The lowest BCUT2D eigenvalue weighted by atomic mass is 10.1. The second kappa shape index (κ2) is 3.15. The Hall–Kier alpha value is -0.120. The van der Waals surface area contributed by atoms with Crippen molar-refractivity contribution in [3.63, 3.8) is 0 Å². The molecule has 0 spiro atoms. The summed E-state index contributed by atoms with van der Waals surface area (Å²) < 4.78 is 25.2. The summed E-state index contributed by atoms with van der Waals surface area (Å²) in [7, 11) is -2.40. The molecule has 3 nitrogen and oxygen atoms in total. The van der Waals surface area contributed by atoms with Gasteiger partial charge in [-0.25, -0.2) is 0 Å². The highest BCUT2D eigenvalue weighted by Crippen LogP contribution is 2.05. The van der Waals surface area contributed by atoms with Gasteiger partial charge in [-0.1, -0.05) is 0 Å². The number of rotatable bonds is 1. The zero-order valence-electron chi connectivity index (χ0n) is 8.13. The van der Waals surface area contributed by atoms with Gasteiger partial charge in [0.2, 0.25) is 0 Å². The lowest BCUT2D eigenvalue weighted by Crippen LogP contribution is -2.44. The predicted molar refractivity (Wildman–Crippen MR) is 34.3 cm³/mol. The molecule has 1 aliphatic rings. The van der Waals surface area contributed by atoms with E-state index in [-0.39, 0.29) is 0 Å². The van der Waals surface area contributed by atoms with Crippen LogP contribution in [0.2, 0.25) is 0 Å². The van der Waals surface area contributed by atoms with E-state index in [1.54, 1.807) is 0 Å². The van der Waals surface area contributed by atoms with Crippen molar-refractivity contribution in [1.82, 2.24) is 5.32 Å². The van der Waals surface area contributed by atoms with Crippen LogP contribution in [0.4, 0.5) is 0 Å². The fourth-order valence-electron chi connectivity index (χ4n) is 0.956. The maximum absolute atomic E-state index is 9.29. The van der Waals surface area contributed by atoms with E-state index in [0.717, 1.165) is 0 Å². The zero-order chi connectivity index (χ0) is 9.19. The average molecular weight is 134 g/mol. The molecule has 2 N–H and O–H groups in total. The van der Waals surface area contributed by atoms with Crippen molar-refractivity contribution < 1.29 is 14.0 Å². The number of aliphatic hydroxyl groups is 1. The molecule has 54 valence electrons. The van der Waals surface area contributed by atoms with Gasteiger partial charge in [-0.3, -0.25) is 0 Å². The fourth-order valence-corrected chi connectivity index (χ4v) is 0.956. The molecule has 0 bridgehead atoms. The number of nitrogens with one attached hydrogen (secondary N) is 1. The molecule has 0 aromatic carbocycles. The third-order valence-corrected chi connectivity index (χ3v) is 1.54. The Morgan fingerprint density at radius 1 is 1.89 bits per heavy atom. The summed E-state index contributed by atoms with van der Waals surface area (Å²) in [6.07, 6.45) is -0.725. The largest absolute Gasteiger partial charge is 0.389 e. The van der Waals surface area contributed by atoms with E-state index < -0.39 is 19.2 Å². The first kappa shape index (κ1) is 3.91. The van der Waals surface area contributed by atoms with Gasteiger partial charge in [0.25, 0.3) is 0 Å². The number of ether oxygens (including phenoxy) is 1. The van der Waals surface area contributed by atoms with Crippen molar-refractivity contribution in [2.45, 2.75) is 18.6 Å². The van der Waals surface area contributed by atoms with Gasteiger partial charge in [-0.05, 0) is 13.0 Å². The first-order chi connectivity index (χ1) is 5.49. The Balaban J connectivity index is 2.39. The molecule has 0 amide bonds. The van der Waals surface area contributed by atoms with Gasteiger partial charge < -0.3 is 15.2 Å². The number of methoxy groups -OCH3 is 1. The van der Waals surface area contributed by atoms with E-state index in [9.17, 15) is 5.11 Å². The lowest BCUT2D eigenvalue weighted by Gasteiger charge is -2.26. The van der Waals surface area contributed by atoms with Crippen LogP contribution < -0.4 is 5.32 Å². The molecule has 3 heteroatoms. The molecule has 0 aromatic heterocycles. The van der Waals surface area contributed by atoms with Crippen LogP contribution in [0.3, 0.4) is 0 Å². The molecule has 0 saturated carbocycles. The maximum atomic E-state index is 9.29. The van der Waals surface area contributed by atoms with Crippen LogP contribution >= 0.6 is 0 Å². The van der Waals surface area contributed by atoms with E-state index in [4.69, 9.17) is 8.85 Å². The molecule has 1 aliphatic heterocycles. The number of piperidine rings is 1. The highest BCUT2D eigenvalue weighted by atomic mass is 16.5. The Morgan fingerprint density at radius 2 is 2.78 bits per heavy atom. The SMILES string of the molecule is [2H]C([2H])([2H])OC1CCNCC1O. The highest BCUT2D eigenvalue weighted by Gasteiger charge is 2.21. The Morgan fingerprint density at radius 3 is 3.44 bits per heavy atom. The smallest absolute Gasteiger partial charge is 0.0926 e. The molecule has 1 rings (SSSR count). The van der Waals surface area contributed by atoms with Crippen LogP contribution in [0.5, 0.6) is 0 Å². The van der Waals surface area contributed by atoms with Crippen molar-refractivity contribution in [2.75, 3.05) is 20.1 Å². The fraction of sp³-hybridized carbons (Fsp3) is 1.00. The molecule has 2 atom stereocenters. The van der Waals surface area contributed by atoms with Crippen molar-refractivity contribution in [3.8, 4) is 0 Å². The van der Waals surface area contributed by atoms with Crippen LogP contribution in [-0.2, 0) is 4.74 Å². The minimum absolute atomic E-state index is 0.404. The molecule has 1 fully saturated rings. The van der Waals surface area contributed by atoms with E-state index in [1.807, 2.05) is 0 Å². The monoisotopic (exact) mass is 134 g/mol. The number of β-amino-alcohol motifs (C(OH)–C–C–N with tert-alkyl or cyclic N) is 1. The standard InChI is InChI=1S/C6H13NO2/c1-9-6-2-3-7-4-5(6)8/h5-8H,2-4H2,1H3/i1D3. The summed E-state index contributed by atoms with van der Waals surface area (Å²) in [6.45, 7) is 1.10. The van der Waals surface area contributed by atoms with Crippen LogP contribution in [0.25, 0.3) is 0 Å². The summed E-state index contributed by atoms with van der Waals surface area (Å²) >= 11 is 0. The van der Waals surface area contributed by atoms with Crippen molar-refractivity contribution >= 4 is 0 Å². The third-order valence-electron chi connectivity index (χ3n) is 1.54. The van der Waals surface area contributed by atoms with Gasteiger partial charge in [-0.2, -0.15) is 0 Å². The van der Waals surface area contributed by atoms with Crippen molar-refractivity contribution in [3.05, 3.63) is 0 Å². The molecular formula is C6H13NO2. The van der Waals surface area contributed by atoms with Crippen LogP contribution in [-0.4, -0.2) is 37.4 Å². The molecule has 9 heavy (non-hydrogen) atoms. The van der Waals surface area contributed by atoms with Crippen molar-refractivity contribution in [2.24, 2.45) is 0 Å². The second-order valence-corrected chi connectivity index (χ2v) is 2.22. The molecule has 0 aliphatic carbocycles. The van der Waals surface area contributed by atoms with E-state index >= 15 is 0 Å². The lowest BCUT2D eigenvalue weighted by molar-refractivity contribution is -0.0280. The van der Waals surface area contributed by atoms with Gasteiger partial charge in [0.1, 0.15) is 0 Å². The Labute approximate surface area is 59.2 Å². The molecular weight excluding hydrogens is 118 g/mol. The molecule has 1 saturated heterocycles. The van der Waals surface area contributed by atoms with Gasteiger partial charge in [-0.15, -0.1) is 0 Å². The first-order valence-corrected chi connectivity index (χ1v) is 3.05. The van der Waals surface area contributed by atoms with Gasteiger partial charge in [0, 0.05) is 13.6 Å². The van der Waals surface area contributed by atoms with E-state index in [2.05, 4.69) is 5.32 Å². The van der Waals surface area contributed by atoms with Gasteiger partial charge in [0.15, 0.2) is 0 Å². The van der Waals surface area contributed by atoms with E-state index in [0.29, 0.717) is 19.5 Å². The summed E-state index contributed by atoms with van der Waals surface area (Å²) in [5, 5.41) is 12.2. The third kappa shape index (κ3) is 1.64. The predicted octanol–water partition coefficient (Wildman–Crippen LogP) is -0.644. The molecule has 0 radical (unpaired) electrons. The minimum Gasteiger partial charge on any atom is -0.389 e. The summed E-state index contributed by atoms with van der Waals surface area (Å²) in [4.78, 5) is 0. The normalized spacial score (nSPS) is 43.0. The highest BCUT2D eigenvalue weighted by molar-refractivity contribution is 4.76. The van der Waals surface area contributed by atoms with Crippen LogP contribution in [0.15, 0.2) is 0 Å². The first-order valence-electron chi connectivity index (χ1n) is 4.55. The molecule has 1 heterocycles. The summed E-state index contributed by atoms with van der Waals surface area (Å²) in [6, 6.07) is 0. The average Bonchev–Trinajstić information content (AvgIpc) is 1.91. The topological polar surface area (TPSA) is 41.5 Å². The maximum Gasteiger partial charge on any atom is 0.0926 e. The van der Waals surface area contributed by atoms with Gasteiger partial charge >= 0.3 is 0 Å². The van der Waals surface area contributed by atoms with Gasteiger partial charge in [0.05, 0.1) is 16.3 Å². The Kier molecular flexibility index (Phi) is 1.37. The number of aliphatic hydroxyl groups excluding tert-OH is 1. The summed E-state index contributed by atoms with van der Waals surface area (Å²) in [5.74, 6) is 0. The number of hydrogen-bond acceptors (Lipinski definition) is 3. The van der Waals surface area contributed by atoms with Crippen molar-refractivity contribution in [1.29, 1.82) is 0 Å². The van der Waals surface area contributed by atoms with E-state index in [1.165, 1.54) is 0 Å². The zero-order valence-corrected chi connectivity index (χ0v) is 5.13. The molecule has 2 unspecified atom stereocenters. The second-order valence-electron chi connectivity index (χ2n) is 2.22. The Bertz CT molecular complexity index is 150. The number of hydrogen-bond donors (Lipinski definition) is 2.